The number of nitro groups is 1. The number of H-pyrrole nitrogens is 1. The van der Waals surface area contributed by atoms with Gasteiger partial charge >= 0.3 is 0 Å². The Morgan fingerprint density at radius 3 is 2.56 bits per heavy atom. The molecule has 0 aliphatic rings. The van der Waals surface area contributed by atoms with E-state index in [1.807, 2.05) is 18.2 Å². The zero-order chi connectivity index (χ0) is 18.0. The number of aryl methyl sites for hydroxylation is 1. The summed E-state index contributed by atoms with van der Waals surface area (Å²) in [6, 6.07) is 15.9. The summed E-state index contributed by atoms with van der Waals surface area (Å²) in [5.74, 6) is -0.678. The smallest absolute Gasteiger partial charge is 0.275 e. The number of aromatic amines is 1. The number of nitrogens with zero attached hydrogens (tertiary/aromatic N) is 2. The summed E-state index contributed by atoms with van der Waals surface area (Å²) >= 11 is 6.03. The van der Waals surface area contributed by atoms with E-state index in [1.165, 1.54) is 4.68 Å². The quantitative estimate of drug-likeness (QED) is 0.560. The van der Waals surface area contributed by atoms with Crippen molar-refractivity contribution in [1.82, 2.24) is 9.78 Å². The second kappa shape index (κ2) is 6.94. The first-order chi connectivity index (χ1) is 12.0. The van der Waals surface area contributed by atoms with Gasteiger partial charge in [0.2, 0.25) is 6.54 Å². The van der Waals surface area contributed by atoms with E-state index in [4.69, 9.17) is 11.6 Å². The molecule has 128 valence electrons. The van der Waals surface area contributed by atoms with Crippen molar-refractivity contribution in [3.05, 3.63) is 96.9 Å². The maximum atomic E-state index is 12.9. The first kappa shape index (κ1) is 17.0. The lowest BCUT2D eigenvalue weighted by Crippen LogP contribution is -2.23. The van der Waals surface area contributed by atoms with E-state index in [-0.39, 0.29) is 12.1 Å². The maximum absolute atomic E-state index is 12.9. The van der Waals surface area contributed by atoms with Crippen molar-refractivity contribution < 1.29 is 4.92 Å². The van der Waals surface area contributed by atoms with Gasteiger partial charge in [-0.25, -0.2) is 4.68 Å². The molecule has 6 nitrogen and oxygen atoms in total. The zero-order valence-corrected chi connectivity index (χ0v) is 14.2. The molecule has 0 bridgehead atoms. The highest BCUT2D eigenvalue weighted by Crippen LogP contribution is 2.27. The molecule has 2 aromatic carbocycles. The average Bonchev–Trinajstić information content (AvgIpc) is 2.88. The van der Waals surface area contributed by atoms with Crippen molar-refractivity contribution in [3.8, 4) is 5.69 Å². The number of nitrogens with one attached hydrogen (secondary N) is 1. The van der Waals surface area contributed by atoms with Crippen LogP contribution in [0.15, 0.2) is 59.4 Å². The molecule has 7 heteroatoms. The zero-order valence-electron chi connectivity index (χ0n) is 13.5. The number of hydrogen-bond acceptors (Lipinski definition) is 3. The van der Waals surface area contributed by atoms with Gasteiger partial charge in [-0.1, -0.05) is 41.9 Å². The van der Waals surface area contributed by atoms with Gasteiger partial charge in [-0.3, -0.25) is 20.0 Å². The molecule has 1 heterocycles. The highest BCUT2D eigenvalue weighted by Gasteiger charge is 2.27. The Balaban J connectivity index is 2.15. The molecule has 0 spiro atoms. The van der Waals surface area contributed by atoms with E-state index in [1.54, 1.807) is 43.3 Å². The second-order valence-electron chi connectivity index (χ2n) is 5.75. The van der Waals surface area contributed by atoms with Crippen LogP contribution in [-0.4, -0.2) is 21.2 Å². The molecule has 3 rings (SSSR count). The highest BCUT2D eigenvalue weighted by atomic mass is 35.5. The lowest BCUT2D eigenvalue weighted by Gasteiger charge is -2.12. The van der Waals surface area contributed by atoms with Crippen molar-refractivity contribution in [3.63, 3.8) is 0 Å². The molecule has 25 heavy (non-hydrogen) atoms. The number of rotatable bonds is 5. The number of para-hydroxylation sites is 1. The molecule has 1 atom stereocenters. The third-order valence-electron chi connectivity index (χ3n) is 4.06. The molecule has 1 N–H and O–H groups in total. The molecule has 0 aliphatic heterocycles. The van der Waals surface area contributed by atoms with Crippen LogP contribution in [0.1, 0.15) is 22.7 Å². The number of benzene rings is 2. The first-order valence-electron chi connectivity index (χ1n) is 7.71. The molecule has 0 fully saturated rings. The number of aromatic nitrogens is 2. The van der Waals surface area contributed by atoms with E-state index in [9.17, 15) is 14.9 Å². The number of hydrogen-bond donors (Lipinski definition) is 1. The second-order valence-corrected chi connectivity index (χ2v) is 6.19. The summed E-state index contributed by atoms with van der Waals surface area (Å²) in [7, 11) is 0. The predicted molar refractivity (Wildman–Crippen MR) is 96.3 cm³/mol. The Hall–Kier alpha value is -2.86. The highest BCUT2D eigenvalue weighted by molar-refractivity contribution is 6.30. The van der Waals surface area contributed by atoms with Gasteiger partial charge in [0.05, 0.1) is 17.2 Å². The van der Waals surface area contributed by atoms with Crippen molar-refractivity contribution in [1.29, 1.82) is 0 Å². The standard InChI is InChI=1S/C18H16ClN3O3/c1-12-17(18(23)22(20-12)15-8-3-2-4-9-15)16(11-21(24)25)13-6-5-7-14(19)10-13/h2-10,16,20H,11H2,1H3. The van der Waals surface area contributed by atoms with E-state index < -0.39 is 10.8 Å². The van der Waals surface area contributed by atoms with E-state index in [2.05, 4.69) is 5.10 Å². The van der Waals surface area contributed by atoms with Gasteiger partial charge in [-0.05, 0) is 36.8 Å². The lowest BCUT2D eigenvalue weighted by molar-refractivity contribution is -0.481. The predicted octanol–water partition coefficient (Wildman–Crippen LogP) is 3.54. The monoisotopic (exact) mass is 357 g/mol. The largest absolute Gasteiger partial charge is 0.295 e. The van der Waals surface area contributed by atoms with Crippen molar-refractivity contribution in [2.24, 2.45) is 0 Å². The van der Waals surface area contributed by atoms with Crippen LogP contribution in [0.3, 0.4) is 0 Å². The summed E-state index contributed by atoms with van der Waals surface area (Å²) in [6.07, 6.45) is 0. The SMILES string of the molecule is Cc1[nH]n(-c2ccccc2)c(=O)c1C(C[N+](=O)[O-])c1cccc(Cl)c1. The third kappa shape index (κ3) is 3.49. The van der Waals surface area contributed by atoms with Crippen molar-refractivity contribution >= 4 is 11.6 Å². The number of halogens is 1. The van der Waals surface area contributed by atoms with Crippen molar-refractivity contribution in [2.75, 3.05) is 6.54 Å². The van der Waals surface area contributed by atoms with Crippen LogP contribution < -0.4 is 5.56 Å². The van der Waals surface area contributed by atoms with Gasteiger partial charge in [0.25, 0.3) is 5.56 Å². The molecule has 0 saturated carbocycles. The minimum atomic E-state index is -0.678. The Kier molecular flexibility index (Phi) is 4.72. The Bertz CT molecular complexity index is 963. The first-order valence-corrected chi connectivity index (χ1v) is 8.09. The Morgan fingerprint density at radius 1 is 1.20 bits per heavy atom. The topological polar surface area (TPSA) is 80.9 Å². The van der Waals surface area contributed by atoms with Gasteiger partial charge in [-0.2, -0.15) is 0 Å². The Labute approximate surface area is 148 Å². The summed E-state index contributed by atoms with van der Waals surface area (Å²) < 4.78 is 1.40. The van der Waals surface area contributed by atoms with E-state index >= 15 is 0 Å². The fourth-order valence-corrected chi connectivity index (χ4v) is 3.16. The van der Waals surface area contributed by atoms with Gasteiger partial charge < -0.3 is 0 Å². The normalized spacial score (nSPS) is 12.1. The van der Waals surface area contributed by atoms with Crippen LogP contribution in [0.2, 0.25) is 5.02 Å². The van der Waals surface area contributed by atoms with E-state index in [0.717, 1.165) is 0 Å². The molecule has 1 unspecified atom stereocenters. The van der Waals surface area contributed by atoms with Gasteiger partial charge in [-0.15, -0.1) is 0 Å². The molecule has 0 amide bonds. The average molecular weight is 358 g/mol. The fourth-order valence-electron chi connectivity index (χ4n) is 2.96. The molecule has 0 saturated heterocycles. The summed E-state index contributed by atoms with van der Waals surface area (Å²) in [4.78, 5) is 23.7. The molecule has 1 aromatic heterocycles. The van der Waals surface area contributed by atoms with Crippen LogP contribution in [0, 0.1) is 17.0 Å². The summed E-state index contributed by atoms with van der Waals surface area (Å²) in [6.45, 7) is 1.36. The molecule has 0 aliphatic carbocycles. The van der Waals surface area contributed by atoms with Gasteiger partial charge in [0.15, 0.2) is 0 Å². The summed E-state index contributed by atoms with van der Waals surface area (Å²) in [5.41, 5.74) is 2.00. The molecular formula is C18H16ClN3O3. The lowest BCUT2D eigenvalue weighted by atomic mass is 9.91. The van der Waals surface area contributed by atoms with Crippen LogP contribution in [-0.2, 0) is 0 Å². The van der Waals surface area contributed by atoms with Crippen molar-refractivity contribution in [2.45, 2.75) is 12.8 Å². The van der Waals surface area contributed by atoms with Crippen LogP contribution in [0.4, 0.5) is 0 Å². The molecular weight excluding hydrogens is 342 g/mol. The summed E-state index contributed by atoms with van der Waals surface area (Å²) in [5, 5.41) is 14.7. The Morgan fingerprint density at radius 2 is 1.92 bits per heavy atom. The maximum Gasteiger partial charge on any atom is 0.275 e. The molecule has 3 aromatic rings. The van der Waals surface area contributed by atoms with Crippen LogP contribution in [0.25, 0.3) is 5.69 Å². The fraction of sp³-hybridized carbons (Fsp3) is 0.167. The van der Waals surface area contributed by atoms with Crippen LogP contribution in [0.5, 0.6) is 0 Å². The third-order valence-corrected chi connectivity index (χ3v) is 4.30. The van der Waals surface area contributed by atoms with E-state index in [0.29, 0.717) is 27.5 Å². The molecule has 0 radical (unpaired) electrons. The van der Waals surface area contributed by atoms with Crippen LogP contribution >= 0.6 is 11.6 Å². The van der Waals surface area contributed by atoms with Gasteiger partial charge in [0, 0.05) is 15.6 Å². The van der Waals surface area contributed by atoms with Gasteiger partial charge in [0.1, 0.15) is 0 Å². The minimum absolute atomic E-state index is 0.296. The minimum Gasteiger partial charge on any atom is -0.295 e.